The third-order valence-electron chi connectivity index (χ3n) is 4.43. The lowest BCUT2D eigenvalue weighted by atomic mass is 10.0. The van der Waals surface area contributed by atoms with E-state index >= 15 is 0 Å². The van der Waals surface area contributed by atoms with Crippen LogP contribution in [-0.2, 0) is 0 Å². The van der Waals surface area contributed by atoms with Crippen LogP contribution in [0.15, 0.2) is 77.1 Å². The topological polar surface area (TPSA) is 65.8 Å². The zero-order valence-electron chi connectivity index (χ0n) is 15.1. The van der Waals surface area contributed by atoms with Crippen molar-refractivity contribution in [2.24, 2.45) is 10.2 Å². The fourth-order valence-electron chi connectivity index (χ4n) is 3.01. The summed E-state index contributed by atoms with van der Waals surface area (Å²) in [5.74, 6) is 0.645. The van der Waals surface area contributed by atoms with E-state index in [4.69, 9.17) is 4.98 Å². The Bertz CT molecular complexity index is 1210. The second-order valence-corrected chi connectivity index (χ2v) is 6.36. The van der Waals surface area contributed by atoms with Gasteiger partial charge in [-0.1, -0.05) is 35.9 Å². The lowest BCUT2D eigenvalue weighted by Crippen LogP contribution is -1.86. The average molecular weight is 351 g/mol. The van der Waals surface area contributed by atoms with E-state index in [1.807, 2.05) is 40.9 Å². The fourth-order valence-corrected chi connectivity index (χ4v) is 3.01. The molecule has 2 heterocycles. The van der Waals surface area contributed by atoms with E-state index in [-0.39, 0.29) is 0 Å². The molecule has 0 N–H and O–H groups in total. The van der Waals surface area contributed by atoms with Crippen molar-refractivity contribution in [3.05, 3.63) is 83.6 Å². The fraction of sp³-hybridized carbons (Fsp3) is 0.0909. The highest BCUT2D eigenvalue weighted by Crippen LogP contribution is 2.34. The van der Waals surface area contributed by atoms with Crippen molar-refractivity contribution in [3.8, 4) is 17.3 Å². The molecule has 2 aromatic heterocycles. The van der Waals surface area contributed by atoms with Gasteiger partial charge in [-0.25, -0.2) is 4.98 Å². The summed E-state index contributed by atoms with van der Waals surface area (Å²) in [7, 11) is 0. The maximum atomic E-state index is 9.28. The van der Waals surface area contributed by atoms with Gasteiger partial charge in [-0.3, -0.25) is 4.40 Å². The quantitative estimate of drug-likeness (QED) is 0.431. The van der Waals surface area contributed by atoms with E-state index in [1.54, 1.807) is 12.1 Å². The minimum Gasteiger partial charge on any atom is -0.283 e. The molecular formula is C22H17N5. The lowest BCUT2D eigenvalue weighted by Gasteiger charge is -2.05. The molecule has 0 aliphatic heterocycles. The largest absolute Gasteiger partial charge is 0.283 e. The Morgan fingerprint density at radius 3 is 2.63 bits per heavy atom. The minimum atomic E-state index is 0.489. The number of hydrogen-bond acceptors (Lipinski definition) is 4. The number of nitrogens with zero attached hydrogens (tertiary/aromatic N) is 5. The van der Waals surface area contributed by atoms with Crippen LogP contribution in [0, 0.1) is 25.2 Å². The number of hydrogen-bond donors (Lipinski definition) is 0. The first-order valence-corrected chi connectivity index (χ1v) is 8.63. The molecule has 0 radical (unpaired) electrons. The zero-order chi connectivity index (χ0) is 18.8. The van der Waals surface area contributed by atoms with Crippen LogP contribution >= 0.6 is 0 Å². The highest BCUT2D eigenvalue weighted by atomic mass is 15.2. The van der Waals surface area contributed by atoms with E-state index < -0.39 is 0 Å². The van der Waals surface area contributed by atoms with E-state index in [2.05, 4.69) is 48.3 Å². The number of benzene rings is 2. The van der Waals surface area contributed by atoms with Crippen molar-refractivity contribution in [1.82, 2.24) is 9.38 Å². The van der Waals surface area contributed by atoms with Crippen molar-refractivity contribution in [2.75, 3.05) is 0 Å². The van der Waals surface area contributed by atoms with Crippen LogP contribution in [0.3, 0.4) is 0 Å². The second-order valence-electron chi connectivity index (χ2n) is 6.36. The molecule has 5 nitrogen and oxygen atoms in total. The van der Waals surface area contributed by atoms with Crippen LogP contribution in [0.5, 0.6) is 0 Å². The molecular weight excluding hydrogens is 334 g/mol. The maximum Gasteiger partial charge on any atom is 0.187 e. The van der Waals surface area contributed by atoms with Crippen LogP contribution in [0.2, 0.25) is 0 Å². The van der Waals surface area contributed by atoms with Gasteiger partial charge in [-0.05, 0) is 49.7 Å². The van der Waals surface area contributed by atoms with E-state index in [0.29, 0.717) is 17.1 Å². The predicted octanol–water partition coefficient (Wildman–Crippen LogP) is 5.91. The van der Waals surface area contributed by atoms with Gasteiger partial charge in [-0.15, -0.1) is 10.2 Å². The van der Waals surface area contributed by atoms with Gasteiger partial charge in [0.25, 0.3) is 0 Å². The molecule has 0 aliphatic carbocycles. The third-order valence-corrected chi connectivity index (χ3v) is 4.43. The number of pyridine rings is 1. The molecule has 4 rings (SSSR count). The minimum absolute atomic E-state index is 0.489. The molecule has 0 aliphatic rings. The number of fused-ring (bicyclic) bond motifs is 1. The smallest absolute Gasteiger partial charge is 0.187 e. The number of aromatic nitrogens is 2. The SMILES string of the molecule is Cc1ccc(C)c(-c2nc3ccccn3c2N=Nc2ccccc2C#N)c1. The molecule has 0 fully saturated rings. The van der Waals surface area contributed by atoms with Gasteiger partial charge < -0.3 is 0 Å². The molecule has 0 saturated heterocycles. The first kappa shape index (κ1) is 16.7. The Kier molecular flexibility index (Phi) is 4.23. The molecule has 0 spiro atoms. The summed E-state index contributed by atoms with van der Waals surface area (Å²) in [5, 5.41) is 18.1. The van der Waals surface area contributed by atoms with Crippen LogP contribution in [0.4, 0.5) is 11.5 Å². The number of rotatable bonds is 3. The third kappa shape index (κ3) is 3.09. The van der Waals surface area contributed by atoms with Crippen LogP contribution in [0.25, 0.3) is 16.9 Å². The second kappa shape index (κ2) is 6.85. The van der Waals surface area contributed by atoms with E-state index in [0.717, 1.165) is 28.0 Å². The molecule has 5 heteroatoms. The Balaban J connectivity index is 1.93. The summed E-state index contributed by atoms with van der Waals surface area (Å²) in [6, 6.07) is 21.4. The van der Waals surface area contributed by atoms with Crippen LogP contribution in [0.1, 0.15) is 16.7 Å². The highest BCUT2D eigenvalue weighted by molar-refractivity contribution is 5.77. The van der Waals surface area contributed by atoms with Gasteiger partial charge >= 0.3 is 0 Å². The first-order valence-electron chi connectivity index (χ1n) is 8.63. The number of nitriles is 1. The Hall–Kier alpha value is -3.78. The highest BCUT2D eigenvalue weighted by Gasteiger charge is 2.16. The van der Waals surface area contributed by atoms with Gasteiger partial charge in [0.2, 0.25) is 0 Å². The Labute approximate surface area is 157 Å². The molecule has 0 atom stereocenters. The van der Waals surface area contributed by atoms with Gasteiger partial charge in [0.05, 0.1) is 5.56 Å². The maximum absolute atomic E-state index is 9.28. The summed E-state index contributed by atoms with van der Waals surface area (Å²) in [6.45, 7) is 4.12. The summed E-state index contributed by atoms with van der Waals surface area (Å²) in [4.78, 5) is 4.78. The van der Waals surface area contributed by atoms with Gasteiger partial charge in [0.15, 0.2) is 5.82 Å². The predicted molar refractivity (Wildman–Crippen MR) is 105 cm³/mol. The average Bonchev–Trinajstić information content (AvgIpc) is 3.06. The van der Waals surface area contributed by atoms with Crippen molar-refractivity contribution < 1.29 is 0 Å². The number of imidazole rings is 1. The molecule has 2 aromatic carbocycles. The monoisotopic (exact) mass is 351 g/mol. The summed E-state index contributed by atoms with van der Waals surface area (Å²) < 4.78 is 1.91. The first-order chi connectivity index (χ1) is 13.2. The van der Waals surface area contributed by atoms with Crippen molar-refractivity contribution in [1.29, 1.82) is 5.26 Å². The molecule has 27 heavy (non-hydrogen) atoms. The Morgan fingerprint density at radius 2 is 1.78 bits per heavy atom. The van der Waals surface area contributed by atoms with E-state index in [9.17, 15) is 5.26 Å². The van der Waals surface area contributed by atoms with Gasteiger partial charge in [0, 0.05) is 11.8 Å². The molecule has 0 unspecified atom stereocenters. The van der Waals surface area contributed by atoms with Crippen molar-refractivity contribution in [2.45, 2.75) is 13.8 Å². The standard InChI is InChI=1S/C22H17N5/c1-15-10-11-16(2)18(13-15)21-22(27-12-6-5-9-20(27)24-21)26-25-19-8-4-3-7-17(19)14-23/h3-13H,1-2H3. The van der Waals surface area contributed by atoms with Gasteiger partial charge in [0.1, 0.15) is 23.1 Å². The lowest BCUT2D eigenvalue weighted by molar-refractivity contribution is 1.10. The van der Waals surface area contributed by atoms with Crippen LogP contribution < -0.4 is 0 Å². The summed E-state index contributed by atoms with van der Waals surface area (Å²) >= 11 is 0. The molecule has 0 saturated carbocycles. The molecule has 4 aromatic rings. The molecule has 0 bridgehead atoms. The zero-order valence-corrected chi connectivity index (χ0v) is 15.1. The van der Waals surface area contributed by atoms with Crippen molar-refractivity contribution >= 4 is 17.2 Å². The normalized spacial score (nSPS) is 11.1. The molecule has 130 valence electrons. The summed E-state index contributed by atoms with van der Waals surface area (Å²) in [5.41, 5.74) is 5.92. The summed E-state index contributed by atoms with van der Waals surface area (Å²) in [6.07, 6.45) is 1.92. The van der Waals surface area contributed by atoms with Crippen molar-refractivity contribution in [3.63, 3.8) is 0 Å². The molecule has 0 amide bonds. The Morgan fingerprint density at radius 1 is 0.963 bits per heavy atom. The number of azo groups is 1. The van der Waals surface area contributed by atoms with Gasteiger partial charge in [-0.2, -0.15) is 5.26 Å². The number of aryl methyl sites for hydroxylation is 2. The van der Waals surface area contributed by atoms with E-state index in [1.165, 1.54) is 0 Å². The van der Waals surface area contributed by atoms with Crippen LogP contribution in [-0.4, -0.2) is 9.38 Å².